The normalized spacial score (nSPS) is 15.6. The van der Waals surface area contributed by atoms with Gasteiger partial charge in [0.05, 0.1) is 11.1 Å². The number of carbonyl (C=O) groups excluding carboxylic acids is 1. The van der Waals surface area contributed by atoms with E-state index in [1.165, 1.54) is 36.8 Å². The molecule has 1 aliphatic rings. The van der Waals surface area contributed by atoms with Crippen LogP contribution in [0.1, 0.15) is 49.1 Å². The highest BCUT2D eigenvalue weighted by atomic mass is 32.2. The maximum atomic E-state index is 12.2. The number of nitrogens with zero attached hydrogens (tertiary/aromatic N) is 2. The van der Waals surface area contributed by atoms with E-state index in [4.69, 9.17) is 4.74 Å². The Labute approximate surface area is 195 Å². The third-order valence-corrected chi connectivity index (χ3v) is 7.67. The van der Waals surface area contributed by atoms with Gasteiger partial charge in [0.15, 0.2) is 16.4 Å². The van der Waals surface area contributed by atoms with Crippen molar-refractivity contribution in [3.05, 3.63) is 53.9 Å². The number of hydrogen-bond donors (Lipinski definition) is 1. The average Bonchev–Trinajstić information content (AvgIpc) is 3.47. The van der Waals surface area contributed by atoms with Crippen molar-refractivity contribution in [2.24, 2.45) is 5.92 Å². The molecule has 0 bridgehead atoms. The van der Waals surface area contributed by atoms with Crippen molar-refractivity contribution in [3.63, 3.8) is 0 Å². The summed E-state index contributed by atoms with van der Waals surface area (Å²) in [5.41, 5.74) is 2.79. The molecule has 2 heterocycles. The van der Waals surface area contributed by atoms with Gasteiger partial charge in [0.1, 0.15) is 11.4 Å². The number of rotatable bonds is 8. The monoisotopic (exact) mass is 469 g/mol. The summed E-state index contributed by atoms with van der Waals surface area (Å²) >= 11 is 0. The molecule has 33 heavy (non-hydrogen) atoms. The lowest BCUT2D eigenvalue weighted by Crippen LogP contribution is -2.28. The first kappa shape index (κ1) is 23.3. The molecule has 1 atom stereocenters. The SMILES string of the molecule is CN(C)C(=O)COc1cnc2[nH]ccc2c1[C@H](CC1CCCC1)c1ccc(S(C)(=O)=O)cc1. The van der Waals surface area contributed by atoms with Crippen molar-refractivity contribution in [3.8, 4) is 5.75 Å². The molecule has 0 aliphatic heterocycles. The zero-order chi connectivity index (χ0) is 23.6. The highest BCUT2D eigenvalue weighted by molar-refractivity contribution is 7.90. The Hall–Kier alpha value is -2.87. The van der Waals surface area contributed by atoms with Gasteiger partial charge in [-0.05, 0) is 36.1 Å². The zero-order valence-electron chi connectivity index (χ0n) is 19.4. The number of amides is 1. The second-order valence-electron chi connectivity index (χ2n) is 9.13. The van der Waals surface area contributed by atoms with Gasteiger partial charge in [-0.1, -0.05) is 37.8 Å². The molecule has 8 heteroatoms. The average molecular weight is 470 g/mol. The largest absolute Gasteiger partial charge is 0.482 e. The molecule has 176 valence electrons. The molecule has 0 saturated heterocycles. The smallest absolute Gasteiger partial charge is 0.259 e. The summed E-state index contributed by atoms with van der Waals surface area (Å²) < 4.78 is 30.0. The number of fused-ring (bicyclic) bond motifs is 1. The van der Waals surface area contributed by atoms with Gasteiger partial charge in [-0.25, -0.2) is 13.4 Å². The minimum Gasteiger partial charge on any atom is -0.482 e. The molecule has 1 N–H and O–H groups in total. The van der Waals surface area contributed by atoms with E-state index < -0.39 is 9.84 Å². The minimum absolute atomic E-state index is 0.00697. The summed E-state index contributed by atoms with van der Waals surface area (Å²) in [6.45, 7) is -0.0687. The summed E-state index contributed by atoms with van der Waals surface area (Å²) in [6, 6.07) is 9.16. The van der Waals surface area contributed by atoms with Crippen LogP contribution in [0.4, 0.5) is 0 Å². The molecule has 1 fully saturated rings. The summed E-state index contributed by atoms with van der Waals surface area (Å²) in [7, 11) is 0.127. The topological polar surface area (TPSA) is 92.4 Å². The second kappa shape index (κ2) is 9.55. The van der Waals surface area contributed by atoms with Crippen molar-refractivity contribution >= 4 is 26.8 Å². The van der Waals surface area contributed by atoms with E-state index in [1.807, 2.05) is 24.4 Å². The Kier molecular flexibility index (Phi) is 6.74. The molecule has 1 saturated carbocycles. The van der Waals surface area contributed by atoms with Crippen LogP contribution in [0.25, 0.3) is 11.0 Å². The van der Waals surface area contributed by atoms with Gasteiger partial charge in [0.2, 0.25) is 0 Å². The van der Waals surface area contributed by atoms with Crippen LogP contribution in [-0.4, -0.2) is 56.2 Å². The van der Waals surface area contributed by atoms with Gasteiger partial charge in [0, 0.05) is 43.4 Å². The number of sulfone groups is 1. The summed E-state index contributed by atoms with van der Waals surface area (Å²) in [5.74, 6) is 1.04. The number of ether oxygens (including phenoxy) is 1. The quantitative estimate of drug-likeness (QED) is 0.535. The fraction of sp³-hybridized carbons (Fsp3) is 0.440. The number of carbonyl (C=O) groups is 1. The summed E-state index contributed by atoms with van der Waals surface area (Å²) in [4.78, 5) is 21.7. The van der Waals surface area contributed by atoms with Crippen LogP contribution in [0.2, 0.25) is 0 Å². The van der Waals surface area contributed by atoms with Gasteiger partial charge in [-0.2, -0.15) is 0 Å². The number of likely N-dealkylation sites (N-methyl/N-ethyl adjacent to an activating group) is 1. The minimum atomic E-state index is -3.27. The van der Waals surface area contributed by atoms with Crippen molar-refractivity contribution in [1.82, 2.24) is 14.9 Å². The van der Waals surface area contributed by atoms with E-state index in [1.54, 1.807) is 32.4 Å². The molecule has 1 aromatic carbocycles. The predicted molar refractivity (Wildman–Crippen MR) is 128 cm³/mol. The first-order chi connectivity index (χ1) is 15.7. The standard InChI is InChI=1S/C25H31N3O4S/c1-28(2)23(29)16-32-22-15-27-25-20(12-13-26-25)24(22)21(14-17-6-4-5-7-17)18-8-10-19(11-9-18)33(3,30)31/h8-13,15,17,21H,4-7,14,16H2,1-3H3,(H,26,27)/t21-/m1/s1. The van der Waals surface area contributed by atoms with E-state index in [9.17, 15) is 13.2 Å². The molecule has 0 radical (unpaired) electrons. The highest BCUT2D eigenvalue weighted by Gasteiger charge is 2.28. The Bertz CT molecular complexity index is 1230. The van der Waals surface area contributed by atoms with Crippen LogP contribution in [0, 0.1) is 5.92 Å². The second-order valence-corrected chi connectivity index (χ2v) is 11.1. The number of nitrogens with one attached hydrogen (secondary N) is 1. The maximum Gasteiger partial charge on any atom is 0.259 e. The lowest BCUT2D eigenvalue weighted by molar-refractivity contribution is -0.130. The van der Waals surface area contributed by atoms with E-state index in [2.05, 4.69) is 9.97 Å². The molecular formula is C25H31N3O4S. The van der Waals surface area contributed by atoms with Gasteiger partial charge < -0.3 is 14.6 Å². The molecule has 7 nitrogen and oxygen atoms in total. The van der Waals surface area contributed by atoms with E-state index in [0.717, 1.165) is 28.6 Å². The first-order valence-electron chi connectivity index (χ1n) is 11.3. The van der Waals surface area contributed by atoms with E-state index in [0.29, 0.717) is 16.6 Å². The van der Waals surface area contributed by atoms with Crippen LogP contribution in [-0.2, 0) is 14.6 Å². The number of hydrogen-bond acceptors (Lipinski definition) is 5. The third-order valence-electron chi connectivity index (χ3n) is 6.54. The fourth-order valence-corrected chi connectivity index (χ4v) is 5.33. The van der Waals surface area contributed by atoms with Crippen molar-refractivity contribution in [2.45, 2.75) is 42.9 Å². The Morgan fingerprint density at radius 3 is 2.52 bits per heavy atom. The van der Waals surface area contributed by atoms with Crippen molar-refractivity contribution in [1.29, 1.82) is 0 Å². The van der Waals surface area contributed by atoms with Crippen LogP contribution < -0.4 is 4.74 Å². The Balaban J connectivity index is 1.80. The Morgan fingerprint density at radius 2 is 1.88 bits per heavy atom. The number of H-pyrrole nitrogens is 1. The fourth-order valence-electron chi connectivity index (χ4n) is 4.70. The third kappa shape index (κ3) is 5.21. The number of aromatic nitrogens is 2. The summed E-state index contributed by atoms with van der Waals surface area (Å²) in [6.07, 6.45) is 10.5. The zero-order valence-corrected chi connectivity index (χ0v) is 20.2. The van der Waals surface area contributed by atoms with Gasteiger partial charge in [-0.3, -0.25) is 4.79 Å². The van der Waals surface area contributed by atoms with E-state index in [-0.39, 0.29) is 18.4 Å². The summed E-state index contributed by atoms with van der Waals surface area (Å²) in [5, 5.41) is 0.958. The lowest BCUT2D eigenvalue weighted by atomic mass is 9.82. The Morgan fingerprint density at radius 1 is 1.18 bits per heavy atom. The van der Waals surface area contributed by atoms with Gasteiger partial charge in [-0.15, -0.1) is 0 Å². The van der Waals surface area contributed by atoms with Crippen molar-refractivity contribution in [2.75, 3.05) is 27.0 Å². The molecule has 4 rings (SSSR count). The number of benzene rings is 1. The van der Waals surface area contributed by atoms with Crippen LogP contribution in [0.15, 0.2) is 47.6 Å². The predicted octanol–water partition coefficient (Wildman–Crippen LogP) is 4.15. The van der Waals surface area contributed by atoms with Crippen molar-refractivity contribution < 1.29 is 17.9 Å². The molecule has 0 unspecified atom stereocenters. The number of pyridine rings is 1. The van der Waals surface area contributed by atoms with Crippen LogP contribution in [0.3, 0.4) is 0 Å². The van der Waals surface area contributed by atoms with Gasteiger partial charge >= 0.3 is 0 Å². The maximum absolute atomic E-state index is 12.2. The number of aromatic amines is 1. The van der Waals surface area contributed by atoms with Crippen LogP contribution >= 0.6 is 0 Å². The molecule has 1 amide bonds. The van der Waals surface area contributed by atoms with Crippen LogP contribution in [0.5, 0.6) is 5.75 Å². The highest BCUT2D eigenvalue weighted by Crippen LogP contribution is 2.43. The molecular weight excluding hydrogens is 438 g/mol. The molecule has 3 aromatic rings. The van der Waals surface area contributed by atoms with Gasteiger partial charge in [0.25, 0.3) is 5.91 Å². The molecule has 2 aromatic heterocycles. The first-order valence-corrected chi connectivity index (χ1v) is 13.2. The van der Waals surface area contributed by atoms with E-state index >= 15 is 0 Å². The molecule has 1 aliphatic carbocycles. The lowest BCUT2D eigenvalue weighted by Gasteiger charge is -2.25. The molecule has 0 spiro atoms.